The van der Waals surface area contributed by atoms with Gasteiger partial charge in [-0.05, 0) is 13.0 Å². The summed E-state index contributed by atoms with van der Waals surface area (Å²) < 4.78 is 9.62. The minimum absolute atomic E-state index is 0.110. The van der Waals surface area contributed by atoms with Crippen molar-refractivity contribution in [3.05, 3.63) is 28.0 Å². The number of carbonyl (C=O) groups is 1. The lowest BCUT2D eigenvalue weighted by molar-refractivity contribution is -0.402. The maximum Gasteiger partial charge on any atom is 0.433 e. The van der Waals surface area contributed by atoms with Crippen LogP contribution < -0.4 is 0 Å². The number of aliphatic carboxylic acids is 1. The SMILES string of the molecule is C[C@H](OCc1ccc([N+](=O)[O-])o1)C(=O)O. The van der Waals surface area contributed by atoms with Crippen LogP contribution in [0.25, 0.3) is 0 Å². The van der Waals surface area contributed by atoms with E-state index in [1.54, 1.807) is 0 Å². The highest BCUT2D eigenvalue weighted by molar-refractivity contribution is 5.71. The molecule has 1 N–H and O–H groups in total. The van der Waals surface area contributed by atoms with Crippen molar-refractivity contribution in [1.29, 1.82) is 0 Å². The Balaban J connectivity index is 2.51. The molecule has 0 fully saturated rings. The number of hydrogen-bond donors (Lipinski definition) is 1. The van der Waals surface area contributed by atoms with E-state index in [0.717, 1.165) is 0 Å². The van der Waals surface area contributed by atoms with Crippen LogP contribution in [0.2, 0.25) is 0 Å². The monoisotopic (exact) mass is 215 g/mol. The Labute approximate surface area is 84.4 Å². The first kappa shape index (κ1) is 11.2. The first-order valence-corrected chi connectivity index (χ1v) is 4.08. The van der Waals surface area contributed by atoms with Crippen LogP contribution in [0.3, 0.4) is 0 Å². The van der Waals surface area contributed by atoms with Gasteiger partial charge in [-0.2, -0.15) is 0 Å². The van der Waals surface area contributed by atoms with Gasteiger partial charge in [-0.15, -0.1) is 0 Å². The van der Waals surface area contributed by atoms with Crippen molar-refractivity contribution in [3.63, 3.8) is 0 Å². The van der Waals surface area contributed by atoms with Crippen LogP contribution >= 0.6 is 0 Å². The van der Waals surface area contributed by atoms with E-state index < -0.39 is 22.9 Å². The topological polar surface area (TPSA) is 103 Å². The van der Waals surface area contributed by atoms with Crippen molar-refractivity contribution in [2.45, 2.75) is 19.6 Å². The highest BCUT2D eigenvalue weighted by Crippen LogP contribution is 2.16. The molecule has 7 heteroatoms. The number of carboxylic acid groups (broad SMARTS) is 1. The summed E-state index contributed by atoms with van der Waals surface area (Å²) in [5, 5.41) is 18.7. The molecule has 0 aliphatic carbocycles. The second-order valence-electron chi connectivity index (χ2n) is 2.79. The third kappa shape index (κ3) is 3.06. The van der Waals surface area contributed by atoms with Gasteiger partial charge in [-0.3, -0.25) is 10.1 Å². The van der Waals surface area contributed by atoms with Crippen molar-refractivity contribution in [3.8, 4) is 0 Å². The average molecular weight is 215 g/mol. The number of carboxylic acids is 1. The Hall–Kier alpha value is -1.89. The minimum Gasteiger partial charge on any atom is -0.479 e. The molecule has 0 amide bonds. The van der Waals surface area contributed by atoms with Crippen LogP contribution in [-0.4, -0.2) is 22.1 Å². The van der Waals surface area contributed by atoms with Gasteiger partial charge < -0.3 is 14.3 Å². The maximum atomic E-state index is 10.4. The standard InChI is InChI=1S/C8H9NO6/c1-5(8(10)11)14-4-6-2-3-7(15-6)9(12)13/h2-3,5H,4H2,1H3,(H,10,11)/t5-/m0/s1. The van der Waals surface area contributed by atoms with Crippen molar-refractivity contribution in [2.75, 3.05) is 0 Å². The summed E-state index contributed by atoms with van der Waals surface area (Å²) in [5.74, 6) is -1.28. The molecule has 0 saturated carbocycles. The number of furan rings is 1. The third-order valence-corrected chi connectivity index (χ3v) is 1.65. The van der Waals surface area contributed by atoms with E-state index in [9.17, 15) is 14.9 Å². The zero-order chi connectivity index (χ0) is 11.4. The lowest BCUT2D eigenvalue weighted by Crippen LogP contribution is -2.19. The molecule has 0 aliphatic rings. The normalized spacial score (nSPS) is 12.3. The van der Waals surface area contributed by atoms with Crippen molar-refractivity contribution < 1.29 is 24.0 Å². The largest absolute Gasteiger partial charge is 0.479 e. The zero-order valence-electron chi connectivity index (χ0n) is 7.87. The number of ether oxygens (including phenoxy) is 1. The highest BCUT2D eigenvalue weighted by atomic mass is 16.6. The molecule has 1 rings (SSSR count). The zero-order valence-corrected chi connectivity index (χ0v) is 7.87. The predicted molar refractivity (Wildman–Crippen MR) is 47.2 cm³/mol. The van der Waals surface area contributed by atoms with E-state index in [0.29, 0.717) is 0 Å². The van der Waals surface area contributed by atoms with Gasteiger partial charge in [0.1, 0.15) is 17.3 Å². The van der Waals surface area contributed by atoms with Gasteiger partial charge in [-0.25, -0.2) is 4.79 Å². The Morgan fingerprint density at radius 2 is 2.40 bits per heavy atom. The van der Waals surface area contributed by atoms with Gasteiger partial charge in [0.2, 0.25) is 0 Å². The minimum atomic E-state index is -1.10. The molecule has 1 aromatic heterocycles. The number of nitrogens with zero attached hydrogens (tertiary/aromatic N) is 1. The Morgan fingerprint density at radius 1 is 1.73 bits per heavy atom. The first-order valence-electron chi connectivity index (χ1n) is 4.08. The molecule has 0 bridgehead atoms. The molecule has 82 valence electrons. The van der Waals surface area contributed by atoms with Gasteiger partial charge >= 0.3 is 11.9 Å². The Bertz CT molecular complexity index is 371. The fourth-order valence-corrected chi connectivity index (χ4v) is 0.821. The summed E-state index contributed by atoms with van der Waals surface area (Å²) in [6.07, 6.45) is -0.978. The van der Waals surface area contributed by atoms with E-state index in [1.165, 1.54) is 19.1 Å². The smallest absolute Gasteiger partial charge is 0.433 e. The number of nitro groups is 1. The van der Waals surface area contributed by atoms with Crippen LogP contribution in [0.15, 0.2) is 16.5 Å². The summed E-state index contributed by atoms with van der Waals surface area (Å²) in [6, 6.07) is 2.55. The summed E-state index contributed by atoms with van der Waals surface area (Å²) in [4.78, 5) is 19.9. The number of hydrogen-bond acceptors (Lipinski definition) is 5. The van der Waals surface area contributed by atoms with E-state index in [1.807, 2.05) is 0 Å². The molecule has 1 heterocycles. The molecule has 1 aromatic rings. The Kier molecular flexibility index (Phi) is 3.40. The van der Waals surface area contributed by atoms with Crippen LogP contribution in [0, 0.1) is 10.1 Å². The summed E-state index contributed by atoms with van der Waals surface area (Å²) >= 11 is 0. The first-order chi connectivity index (χ1) is 7.00. The summed E-state index contributed by atoms with van der Waals surface area (Å²) in [7, 11) is 0. The fraction of sp³-hybridized carbons (Fsp3) is 0.375. The van der Waals surface area contributed by atoms with E-state index >= 15 is 0 Å². The average Bonchev–Trinajstić information content (AvgIpc) is 2.62. The molecule has 0 saturated heterocycles. The van der Waals surface area contributed by atoms with Crippen LogP contribution in [0.5, 0.6) is 0 Å². The van der Waals surface area contributed by atoms with Gasteiger partial charge in [-0.1, -0.05) is 0 Å². The van der Waals surface area contributed by atoms with Crippen molar-refractivity contribution in [1.82, 2.24) is 0 Å². The fourth-order valence-electron chi connectivity index (χ4n) is 0.821. The van der Waals surface area contributed by atoms with Gasteiger partial charge in [0.15, 0.2) is 6.10 Å². The second-order valence-corrected chi connectivity index (χ2v) is 2.79. The maximum absolute atomic E-state index is 10.4. The van der Waals surface area contributed by atoms with Gasteiger partial charge in [0, 0.05) is 0 Å². The van der Waals surface area contributed by atoms with Crippen LogP contribution in [0.1, 0.15) is 12.7 Å². The Morgan fingerprint density at radius 3 is 2.87 bits per heavy atom. The molecular weight excluding hydrogens is 206 g/mol. The van der Waals surface area contributed by atoms with Gasteiger partial charge in [0.25, 0.3) is 0 Å². The van der Waals surface area contributed by atoms with E-state index in [4.69, 9.17) is 14.3 Å². The molecular formula is C8H9NO6. The van der Waals surface area contributed by atoms with Gasteiger partial charge in [0.05, 0.1) is 6.07 Å². The molecule has 15 heavy (non-hydrogen) atoms. The van der Waals surface area contributed by atoms with E-state index in [-0.39, 0.29) is 12.4 Å². The predicted octanol–water partition coefficient (Wildman–Crippen LogP) is 1.18. The lowest BCUT2D eigenvalue weighted by atomic mass is 10.4. The van der Waals surface area contributed by atoms with Crippen molar-refractivity contribution in [2.24, 2.45) is 0 Å². The lowest BCUT2D eigenvalue weighted by Gasteiger charge is -2.05. The second kappa shape index (κ2) is 4.56. The molecule has 0 unspecified atom stereocenters. The molecule has 7 nitrogen and oxygen atoms in total. The highest BCUT2D eigenvalue weighted by Gasteiger charge is 2.15. The molecule has 0 spiro atoms. The number of rotatable bonds is 5. The summed E-state index contributed by atoms with van der Waals surface area (Å²) in [5.41, 5.74) is 0. The molecule has 1 atom stereocenters. The van der Waals surface area contributed by atoms with Crippen LogP contribution in [0.4, 0.5) is 5.88 Å². The van der Waals surface area contributed by atoms with Crippen molar-refractivity contribution >= 4 is 11.9 Å². The quantitative estimate of drug-likeness (QED) is 0.584. The van der Waals surface area contributed by atoms with Crippen LogP contribution in [-0.2, 0) is 16.1 Å². The molecule has 0 aliphatic heterocycles. The summed E-state index contributed by atoms with van der Waals surface area (Å²) in [6.45, 7) is 1.25. The third-order valence-electron chi connectivity index (χ3n) is 1.65. The van der Waals surface area contributed by atoms with E-state index in [2.05, 4.69) is 0 Å². The molecule has 0 radical (unpaired) electrons. The molecule has 0 aromatic carbocycles.